The van der Waals surface area contributed by atoms with Gasteiger partial charge >= 0.3 is 0 Å². The van der Waals surface area contributed by atoms with Crippen LogP contribution in [-0.4, -0.2) is 36.5 Å². The van der Waals surface area contributed by atoms with Gasteiger partial charge in [-0.05, 0) is 44.1 Å². The molecule has 4 heteroatoms. The molecule has 0 radical (unpaired) electrons. The van der Waals surface area contributed by atoms with Crippen LogP contribution in [0.25, 0.3) is 0 Å². The van der Waals surface area contributed by atoms with Crippen molar-refractivity contribution in [2.75, 3.05) is 19.6 Å². The Bertz CT molecular complexity index is 422. The summed E-state index contributed by atoms with van der Waals surface area (Å²) < 4.78 is 13.0. The normalized spacial score (nSPS) is 20.0. The highest BCUT2D eigenvalue weighted by Gasteiger charge is 2.23. The van der Waals surface area contributed by atoms with Gasteiger partial charge in [-0.15, -0.1) is 0 Å². The van der Waals surface area contributed by atoms with E-state index in [0.29, 0.717) is 18.2 Å². The van der Waals surface area contributed by atoms with Crippen molar-refractivity contribution in [3.05, 3.63) is 35.6 Å². The summed E-state index contributed by atoms with van der Waals surface area (Å²) in [4.78, 5) is 14.2. The van der Waals surface area contributed by atoms with E-state index in [1.165, 1.54) is 18.6 Å². The Hall–Kier alpha value is -1.42. The van der Waals surface area contributed by atoms with E-state index in [1.54, 1.807) is 12.1 Å². The molecule has 0 bridgehead atoms. The molecule has 1 aromatic rings. The number of nitrogens with one attached hydrogen (secondary N) is 1. The highest BCUT2D eigenvalue weighted by Crippen LogP contribution is 2.15. The van der Waals surface area contributed by atoms with Crippen LogP contribution >= 0.6 is 0 Å². The molecule has 0 aromatic heterocycles. The molecule has 0 saturated carbocycles. The lowest BCUT2D eigenvalue weighted by molar-refractivity contribution is 0.0941. The van der Waals surface area contributed by atoms with Gasteiger partial charge in [0.15, 0.2) is 0 Å². The fourth-order valence-electron chi connectivity index (χ4n) is 2.48. The lowest BCUT2D eigenvalue weighted by atomic mass is 10.2. The molecule has 0 aliphatic carbocycles. The third-order valence-electron chi connectivity index (χ3n) is 3.49. The summed E-state index contributed by atoms with van der Waals surface area (Å²) in [6.07, 6.45) is 2.31. The molecule has 1 heterocycles. The Balaban J connectivity index is 1.88. The summed E-state index contributed by atoms with van der Waals surface area (Å²) in [6.45, 7) is 4.90. The Labute approximate surface area is 107 Å². The van der Waals surface area contributed by atoms with Crippen LogP contribution in [0.4, 0.5) is 4.39 Å². The first-order chi connectivity index (χ1) is 8.70. The minimum absolute atomic E-state index is 0.197. The van der Waals surface area contributed by atoms with Crippen molar-refractivity contribution in [3.63, 3.8) is 0 Å². The Morgan fingerprint density at radius 2 is 2.39 bits per heavy atom. The average molecular weight is 250 g/mol. The zero-order chi connectivity index (χ0) is 13.0. The second-order valence-corrected chi connectivity index (χ2v) is 4.65. The van der Waals surface area contributed by atoms with Gasteiger partial charge in [-0.1, -0.05) is 13.0 Å². The molecule has 0 spiro atoms. The Morgan fingerprint density at radius 1 is 1.56 bits per heavy atom. The number of nitrogens with zero attached hydrogens (tertiary/aromatic N) is 1. The van der Waals surface area contributed by atoms with Crippen molar-refractivity contribution in [1.29, 1.82) is 0 Å². The number of carbonyl (C=O) groups excluding carboxylic acids is 1. The van der Waals surface area contributed by atoms with Gasteiger partial charge in [0.2, 0.25) is 0 Å². The summed E-state index contributed by atoms with van der Waals surface area (Å²) >= 11 is 0. The maximum Gasteiger partial charge on any atom is 0.251 e. The van der Waals surface area contributed by atoms with Gasteiger partial charge in [0.25, 0.3) is 5.91 Å². The molecule has 1 aliphatic rings. The van der Waals surface area contributed by atoms with Crippen LogP contribution in [0.15, 0.2) is 24.3 Å². The predicted molar refractivity (Wildman–Crippen MR) is 69.0 cm³/mol. The van der Waals surface area contributed by atoms with Crippen LogP contribution in [0, 0.1) is 5.82 Å². The highest BCUT2D eigenvalue weighted by molar-refractivity contribution is 5.94. The van der Waals surface area contributed by atoms with E-state index in [-0.39, 0.29) is 11.7 Å². The number of likely N-dealkylation sites (N-methyl/N-ethyl adjacent to an activating group) is 1. The average Bonchev–Trinajstić information content (AvgIpc) is 2.83. The summed E-state index contributed by atoms with van der Waals surface area (Å²) in [6, 6.07) is 6.21. The van der Waals surface area contributed by atoms with Gasteiger partial charge in [-0.2, -0.15) is 0 Å². The number of likely N-dealkylation sites (tertiary alicyclic amines) is 1. The molecule has 1 fully saturated rings. The first-order valence-electron chi connectivity index (χ1n) is 6.48. The predicted octanol–water partition coefficient (Wildman–Crippen LogP) is 2.04. The number of carbonyl (C=O) groups is 1. The first-order valence-corrected chi connectivity index (χ1v) is 6.48. The minimum Gasteiger partial charge on any atom is -0.350 e. The van der Waals surface area contributed by atoms with E-state index in [2.05, 4.69) is 17.1 Å². The van der Waals surface area contributed by atoms with Crippen LogP contribution in [0.3, 0.4) is 0 Å². The third-order valence-corrected chi connectivity index (χ3v) is 3.49. The number of hydrogen-bond acceptors (Lipinski definition) is 2. The second kappa shape index (κ2) is 5.96. The van der Waals surface area contributed by atoms with Gasteiger partial charge < -0.3 is 5.32 Å². The molecule has 0 unspecified atom stereocenters. The SMILES string of the molecule is CCN1CCC[C@H]1CNC(=O)c1cccc(F)c1. The summed E-state index contributed by atoms with van der Waals surface area (Å²) in [5.41, 5.74) is 0.385. The van der Waals surface area contributed by atoms with E-state index < -0.39 is 0 Å². The summed E-state index contributed by atoms with van der Waals surface area (Å²) in [7, 11) is 0. The third kappa shape index (κ3) is 3.07. The van der Waals surface area contributed by atoms with Gasteiger partial charge in [0.05, 0.1) is 0 Å². The molecule has 3 nitrogen and oxygen atoms in total. The lowest BCUT2D eigenvalue weighted by Gasteiger charge is -2.22. The number of amides is 1. The van der Waals surface area contributed by atoms with Gasteiger partial charge in [0.1, 0.15) is 5.82 Å². The number of benzene rings is 1. The minimum atomic E-state index is -0.376. The molecule has 1 atom stereocenters. The van der Waals surface area contributed by atoms with Gasteiger partial charge in [-0.3, -0.25) is 9.69 Å². The van der Waals surface area contributed by atoms with E-state index >= 15 is 0 Å². The first kappa shape index (κ1) is 13.0. The Kier molecular flexibility index (Phi) is 4.31. The van der Waals surface area contributed by atoms with Crippen molar-refractivity contribution < 1.29 is 9.18 Å². The number of hydrogen-bond donors (Lipinski definition) is 1. The maximum absolute atomic E-state index is 13.0. The largest absolute Gasteiger partial charge is 0.350 e. The molecule has 18 heavy (non-hydrogen) atoms. The summed E-state index contributed by atoms with van der Waals surface area (Å²) in [5, 5.41) is 2.89. The number of halogens is 1. The Morgan fingerprint density at radius 3 is 3.11 bits per heavy atom. The molecular weight excluding hydrogens is 231 g/mol. The highest BCUT2D eigenvalue weighted by atomic mass is 19.1. The van der Waals surface area contributed by atoms with Crippen LogP contribution in [0.2, 0.25) is 0 Å². The van der Waals surface area contributed by atoms with E-state index in [4.69, 9.17) is 0 Å². The van der Waals surface area contributed by atoms with Crippen LogP contribution < -0.4 is 5.32 Å². The van der Waals surface area contributed by atoms with Crippen molar-refractivity contribution in [2.45, 2.75) is 25.8 Å². The maximum atomic E-state index is 13.0. The zero-order valence-corrected chi connectivity index (χ0v) is 10.7. The van der Waals surface area contributed by atoms with Crippen LogP contribution in [-0.2, 0) is 0 Å². The molecule has 98 valence electrons. The van der Waals surface area contributed by atoms with Crippen LogP contribution in [0.1, 0.15) is 30.1 Å². The van der Waals surface area contributed by atoms with E-state index in [1.807, 2.05) is 0 Å². The second-order valence-electron chi connectivity index (χ2n) is 4.65. The zero-order valence-electron chi connectivity index (χ0n) is 10.7. The fraction of sp³-hybridized carbons (Fsp3) is 0.500. The number of rotatable bonds is 4. The fourth-order valence-corrected chi connectivity index (χ4v) is 2.48. The van der Waals surface area contributed by atoms with Crippen LogP contribution in [0.5, 0.6) is 0 Å². The molecule has 1 saturated heterocycles. The topological polar surface area (TPSA) is 32.3 Å². The van der Waals surface area contributed by atoms with E-state index in [9.17, 15) is 9.18 Å². The van der Waals surface area contributed by atoms with Crippen molar-refractivity contribution in [2.24, 2.45) is 0 Å². The smallest absolute Gasteiger partial charge is 0.251 e. The van der Waals surface area contributed by atoms with Crippen molar-refractivity contribution >= 4 is 5.91 Å². The van der Waals surface area contributed by atoms with Gasteiger partial charge in [-0.25, -0.2) is 4.39 Å². The summed E-state index contributed by atoms with van der Waals surface area (Å²) in [5.74, 6) is -0.573. The molecular formula is C14H19FN2O. The monoisotopic (exact) mass is 250 g/mol. The molecule has 1 N–H and O–H groups in total. The molecule has 1 amide bonds. The molecule has 1 aliphatic heterocycles. The van der Waals surface area contributed by atoms with Crippen molar-refractivity contribution in [1.82, 2.24) is 10.2 Å². The molecule has 1 aromatic carbocycles. The van der Waals surface area contributed by atoms with Crippen molar-refractivity contribution in [3.8, 4) is 0 Å². The van der Waals surface area contributed by atoms with E-state index in [0.717, 1.165) is 19.5 Å². The quantitative estimate of drug-likeness (QED) is 0.887. The van der Waals surface area contributed by atoms with Gasteiger partial charge in [0, 0.05) is 18.2 Å². The lowest BCUT2D eigenvalue weighted by Crippen LogP contribution is -2.40. The standard InChI is InChI=1S/C14H19FN2O/c1-2-17-8-4-7-13(17)10-16-14(18)11-5-3-6-12(15)9-11/h3,5-6,9,13H,2,4,7-8,10H2,1H3,(H,16,18)/t13-/m0/s1. The molecule has 2 rings (SSSR count).